The molecule has 0 aliphatic carbocycles. The van der Waals surface area contributed by atoms with Gasteiger partial charge in [0, 0.05) is 6.54 Å². The Labute approximate surface area is 106 Å². The molecule has 3 unspecified atom stereocenters. The van der Waals surface area contributed by atoms with Gasteiger partial charge in [0.25, 0.3) is 0 Å². The molecule has 2 saturated heterocycles. The van der Waals surface area contributed by atoms with Gasteiger partial charge in [0.15, 0.2) is 0 Å². The van der Waals surface area contributed by atoms with Crippen molar-refractivity contribution in [1.82, 2.24) is 10.2 Å². The van der Waals surface area contributed by atoms with Crippen molar-refractivity contribution >= 4 is 23.6 Å². The maximum Gasteiger partial charge on any atom is 0.245 e. The van der Waals surface area contributed by atoms with Gasteiger partial charge in [-0.25, -0.2) is 0 Å². The van der Waals surface area contributed by atoms with Crippen molar-refractivity contribution in [2.75, 3.05) is 18.1 Å². The van der Waals surface area contributed by atoms with Crippen LogP contribution >= 0.6 is 11.8 Å². The molecule has 0 aromatic heterocycles. The minimum atomic E-state index is -0.362. The third-order valence-electron chi connectivity index (χ3n) is 3.56. The summed E-state index contributed by atoms with van der Waals surface area (Å²) in [6.45, 7) is 4.48. The molecule has 0 radical (unpaired) electrons. The van der Waals surface area contributed by atoms with Crippen LogP contribution in [-0.2, 0) is 9.59 Å². The van der Waals surface area contributed by atoms with Crippen molar-refractivity contribution < 1.29 is 9.59 Å². The molecule has 0 saturated carbocycles. The lowest BCUT2D eigenvalue weighted by molar-refractivity contribution is -0.149. The van der Waals surface area contributed by atoms with E-state index in [9.17, 15) is 9.59 Å². The largest absolute Gasteiger partial charge is 0.343 e. The summed E-state index contributed by atoms with van der Waals surface area (Å²) in [6.07, 6.45) is 1.87. The Bertz CT molecular complexity index is 316. The van der Waals surface area contributed by atoms with E-state index in [2.05, 4.69) is 5.32 Å². The fraction of sp³-hybridized carbons (Fsp3) is 0.833. The van der Waals surface area contributed by atoms with Crippen LogP contribution < -0.4 is 5.32 Å². The van der Waals surface area contributed by atoms with Crippen molar-refractivity contribution in [2.24, 2.45) is 5.92 Å². The van der Waals surface area contributed by atoms with E-state index in [0.29, 0.717) is 12.3 Å². The Morgan fingerprint density at radius 3 is 2.82 bits per heavy atom. The van der Waals surface area contributed by atoms with Crippen LogP contribution in [0, 0.1) is 5.92 Å². The van der Waals surface area contributed by atoms with Crippen LogP contribution in [0.15, 0.2) is 0 Å². The lowest BCUT2D eigenvalue weighted by Crippen LogP contribution is -2.63. The first kappa shape index (κ1) is 12.7. The Hall–Kier alpha value is -0.710. The van der Waals surface area contributed by atoms with E-state index in [1.54, 1.807) is 11.8 Å². The van der Waals surface area contributed by atoms with Gasteiger partial charge in [-0.1, -0.05) is 6.92 Å². The predicted octanol–water partition coefficient (Wildman–Crippen LogP) is 0.865. The lowest BCUT2D eigenvalue weighted by Gasteiger charge is -2.38. The highest BCUT2D eigenvalue weighted by molar-refractivity contribution is 7.99. The van der Waals surface area contributed by atoms with Gasteiger partial charge >= 0.3 is 0 Å². The summed E-state index contributed by atoms with van der Waals surface area (Å²) < 4.78 is 0. The topological polar surface area (TPSA) is 49.4 Å². The quantitative estimate of drug-likeness (QED) is 0.815. The number of amides is 2. The second kappa shape index (κ2) is 5.29. The minimum Gasteiger partial charge on any atom is -0.343 e. The molecule has 2 heterocycles. The van der Waals surface area contributed by atoms with Crippen molar-refractivity contribution in [1.29, 1.82) is 0 Å². The van der Waals surface area contributed by atoms with E-state index in [0.717, 1.165) is 12.3 Å². The zero-order valence-electron chi connectivity index (χ0n) is 10.4. The summed E-state index contributed by atoms with van der Waals surface area (Å²) >= 11 is 1.94. The predicted molar refractivity (Wildman–Crippen MR) is 68.8 cm³/mol. The highest BCUT2D eigenvalue weighted by atomic mass is 32.2. The summed E-state index contributed by atoms with van der Waals surface area (Å²) in [6, 6.07) is -0.622. The molecule has 17 heavy (non-hydrogen) atoms. The Morgan fingerprint density at radius 2 is 2.24 bits per heavy atom. The maximum absolute atomic E-state index is 12.1. The van der Waals surface area contributed by atoms with Crippen molar-refractivity contribution in [3.05, 3.63) is 0 Å². The number of thioether (sulfide) groups is 1. The Kier molecular flexibility index (Phi) is 3.97. The molecule has 2 amide bonds. The number of nitrogens with zero attached hydrogens (tertiary/aromatic N) is 1. The summed E-state index contributed by atoms with van der Waals surface area (Å²) in [5, 5.41) is 2.75. The van der Waals surface area contributed by atoms with E-state index < -0.39 is 0 Å². The van der Waals surface area contributed by atoms with Gasteiger partial charge in [-0.05, 0) is 37.2 Å². The first-order chi connectivity index (χ1) is 8.13. The fourth-order valence-corrected chi connectivity index (χ4v) is 3.82. The zero-order valence-corrected chi connectivity index (χ0v) is 11.3. The highest BCUT2D eigenvalue weighted by Gasteiger charge is 2.38. The molecular weight excluding hydrogens is 236 g/mol. The molecule has 0 bridgehead atoms. The SMILES string of the molecule is CCC1C(=O)NC(C)C(=O)N1CC1CCSC1. The van der Waals surface area contributed by atoms with Crippen LogP contribution in [0.4, 0.5) is 0 Å². The Balaban J connectivity index is 2.08. The summed E-state index contributed by atoms with van der Waals surface area (Å²) in [5.41, 5.74) is 0. The third kappa shape index (κ3) is 2.59. The van der Waals surface area contributed by atoms with Crippen molar-refractivity contribution in [3.8, 4) is 0 Å². The van der Waals surface area contributed by atoms with E-state index in [-0.39, 0.29) is 23.9 Å². The average Bonchev–Trinajstić information content (AvgIpc) is 2.78. The summed E-state index contributed by atoms with van der Waals surface area (Å²) in [4.78, 5) is 25.8. The molecule has 96 valence electrons. The molecule has 1 N–H and O–H groups in total. The fourth-order valence-electron chi connectivity index (χ4n) is 2.54. The first-order valence-corrected chi connectivity index (χ1v) is 7.47. The number of rotatable bonds is 3. The van der Waals surface area contributed by atoms with Crippen LogP contribution in [0.5, 0.6) is 0 Å². The second-order valence-corrected chi connectivity index (χ2v) is 6.02. The van der Waals surface area contributed by atoms with Gasteiger partial charge in [-0.2, -0.15) is 11.8 Å². The first-order valence-electron chi connectivity index (χ1n) is 6.32. The Morgan fingerprint density at radius 1 is 1.47 bits per heavy atom. The normalized spacial score (nSPS) is 34.0. The van der Waals surface area contributed by atoms with E-state index in [1.807, 2.05) is 18.7 Å². The molecule has 2 fully saturated rings. The van der Waals surface area contributed by atoms with Crippen LogP contribution in [0.2, 0.25) is 0 Å². The van der Waals surface area contributed by atoms with Gasteiger partial charge in [-0.15, -0.1) is 0 Å². The van der Waals surface area contributed by atoms with E-state index in [1.165, 1.54) is 12.2 Å². The highest BCUT2D eigenvalue weighted by Crippen LogP contribution is 2.26. The number of hydrogen-bond donors (Lipinski definition) is 1. The van der Waals surface area contributed by atoms with Crippen molar-refractivity contribution in [2.45, 2.75) is 38.8 Å². The molecule has 2 rings (SSSR count). The van der Waals surface area contributed by atoms with Crippen LogP contribution in [-0.4, -0.2) is 46.8 Å². The second-order valence-electron chi connectivity index (χ2n) is 4.87. The van der Waals surface area contributed by atoms with Gasteiger partial charge in [0.05, 0.1) is 0 Å². The van der Waals surface area contributed by atoms with Crippen molar-refractivity contribution in [3.63, 3.8) is 0 Å². The molecule has 0 aromatic rings. The standard InChI is InChI=1S/C12H20N2O2S/c1-3-10-11(15)13-8(2)12(16)14(10)6-9-4-5-17-7-9/h8-10H,3-7H2,1-2H3,(H,13,15). The van der Waals surface area contributed by atoms with Crippen LogP contribution in [0.3, 0.4) is 0 Å². The molecule has 2 aliphatic heterocycles. The van der Waals surface area contributed by atoms with Gasteiger partial charge in [0.1, 0.15) is 12.1 Å². The molecule has 2 aliphatic rings. The minimum absolute atomic E-state index is 0.00486. The van der Waals surface area contributed by atoms with Gasteiger partial charge in [0.2, 0.25) is 11.8 Å². The number of piperazine rings is 1. The molecule has 0 spiro atoms. The number of carbonyl (C=O) groups is 2. The molecule has 3 atom stereocenters. The number of nitrogens with one attached hydrogen (secondary N) is 1. The number of carbonyl (C=O) groups excluding carboxylic acids is 2. The average molecular weight is 256 g/mol. The smallest absolute Gasteiger partial charge is 0.245 e. The van der Waals surface area contributed by atoms with Crippen LogP contribution in [0.25, 0.3) is 0 Å². The number of hydrogen-bond acceptors (Lipinski definition) is 3. The molecular formula is C12H20N2O2S. The third-order valence-corrected chi connectivity index (χ3v) is 4.79. The monoisotopic (exact) mass is 256 g/mol. The van der Waals surface area contributed by atoms with Gasteiger partial charge in [-0.3, -0.25) is 9.59 Å². The maximum atomic E-state index is 12.1. The molecule has 0 aromatic carbocycles. The van der Waals surface area contributed by atoms with Gasteiger partial charge < -0.3 is 10.2 Å². The lowest BCUT2D eigenvalue weighted by atomic mass is 10.0. The van der Waals surface area contributed by atoms with Crippen LogP contribution in [0.1, 0.15) is 26.7 Å². The molecule has 4 nitrogen and oxygen atoms in total. The van der Waals surface area contributed by atoms with E-state index >= 15 is 0 Å². The molecule has 5 heteroatoms. The summed E-state index contributed by atoms with van der Waals surface area (Å²) in [7, 11) is 0. The van der Waals surface area contributed by atoms with E-state index in [4.69, 9.17) is 0 Å². The zero-order chi connectivity index (χ0) is 12.4. The summed E-state index contributed by atoms with van der Waals surface area (Å²) in [5.74, 6) is 2.95.